The molecule has 3 nitrogen and oxygen atoms in total. The highest BCUT2D eigenvalue weighted by Crippen LogP contribution is 2.37. The predicted octanol–water partition coefficient (Wildman–Crippen LogP) is 3.26. The van der Waals surface area contributed by atoms with E-state index in [2.05, 4.69) is 12.2 Å². The van der Waals surface area contributed by atoms with Gasteiger partial charge in [0.15, 0.2) is 0 Å². The number of carbonyl (C=O) groups is 1. The lowest BCUT2D eigenvalue weighted by molar-refractivity contribution is -0.130. The van der Waals surface area contributed by atoms with Crippen LogP contribution in [0.15, 0.2) is 0 Å². The van der Waals surface area contributed by atoms with Crippen molar-refractivity contribution in [3.05, 3.63) is 0 Å². The minimum atomic E-state index is -0.235. The first-order chi connectivity index (χ1) is 9.20. The molecule has 0 saturated heterocycles. The molecule has 118 valence electrons. The van der Waals surface area contributed by atoms with Crippen molar-refractivity contribution in [3.8, 4) is 0 Å². The Bertz CT molecular complexity index is 295. The number of amides is 1. The molecule has 0 bridgehead atoms. The van der Waals surface area contributed by atoms with E-state index >= 15 is 0 Å². The van der Waals surface area contributed by atoms with E-state index in [1.165, 1.54) is 32.1 Å². The molecule has 2 aliphatic carbocycles. The summed E-state index contributed by atoms with van der Waals surface area (Å²) in [6.07, 6.45) is 10.9. The van der Waals surface area contributed by atoms with Crippen LogP contribution in [-0.2, 0) is 4.79 Å². The topological polar surface area (TPSA) is 55.1 Å². The van der Waals surface area contributed by atoms with Crippen LogP contribution in [0, 0.1) is 17.3 Å². The number of nitrogens with one attached hydrogen (secondary N) is 1. The molecule has 0 aromatic rings. The number of halogens is 1. The number of nitrogens with two attached hydrogens (primary N) is 1. The van der Waals surface area contributed by atoms with E-state index in [0.29, 0.717) is 12.5 Å². The van der Waals surface area contributed by atoms with Crippen LogP contribution in [0.4, 0.5) is 0 Å². The molecule has 0 aromatic carbocycles. The van der Waals surface area contributed by atoms with Crippen molar-refractivity contribution in [3.63, 3.8) is 0 Å². The molecule has 2 saturated carbocycles. The third kappa shape index (κ3) is 4.11. The maximum atomic E-state index is 12.4. The standard InChI is InChI=1S/C16H30N2O.ClH/c1-2-13-5-7-14(8-6-13)11-18-15(19)16(12-17)9-3-4-10-16;/h13-14H,2-12,17H2,1H3,(H,18,19);1H. The van der Waals surface area contributed by atoms with E-state index in [-0.39, 0.29) is 23.7 Å². The third-order valence-corrected chi connectivity index (χ3v) is 5.53. The second-order valence-electron chi connectivity index (χ2n) is 6.70. The zero-order chi connectivity index (χ0) is 13.7. The Morgan fingerprint density at radius 3 is 2.20 bits per heavy atom. The zero-order valence-corrected chi connectivity index (χ0v) is 13.6. The first kappa shape index (κ1) is 17.8. The van der Waals surface area contributed by atoms with E-state index in [9.17, 15) is 4.79 Å². The summed E-state index contributed by atoms with van der Waals surface area (Å²) in [5.74, 6) is 1.85. The average Bonchev–Trinajstić information content (AvgIpc) is 2.95. The fourth-order valence-corrected chi connectivity index (χ4v) is 3.84. The van der Waals surface area contributed by atoms with Crippen LogP contribution >= 0.6 is 12.4 Å². The summed E-state index contributed by atoms with van der Waals surface area (Å²) in [5.41, 5.74) is 5.62. The predicted molar refractivity (Wildman–Crippen MR) is 86.0 cm³/mol. The van der Waals surface area contributed by atoms with Crippen molar-refractivity contribution in [1.82, 2.24) is 5.32 Å². The monoisotopic (exact) mass is 302 g/mol. The molecule has 3 N–H and O–H groups in total. The van der Waals surface area contributed by atoms with Crippen LogP contribution in [0.25, 0.3) is 0 Å². The number of rotatable bonds is 5. The van der Waals surface area contributed by atoms with Gasteiger partial charge in [0, 0.05) is 13.1 Å². The molecule has 0 atom stereocenters. The Labute approximate surface area is 129 Å². The van der Waals surface area contributed by atoms with Gasteiger partial charge >= 0.3 is 0 Å². The summed E-state index contributed by atoms with van der Waals surface area (Å²) >= 11 is 0. The lowest BCUT2D eigenvalue weighted by Gasteiger charge is -2.30. The van der Waals surface area contributed by atoms with Crippen molar-refractivity contribution in [2.24, 2.45) is 23.0 Å². The summed E-state index contributed by atoms with van der Waals surface area (Å²) in [4.78, 5) is 12.4. The summed E-state index contributed by atoms with van der Waals surface area (Å²) in [7, 11) is 0. The van der Waals surface area contributed by atoms with E-state index in [1.54, 1.807) is 0 Å². The van der Waals surface area contributed by atoms with Gasteiger partial charge in [0.2, 0.25) is 5.91 Å². The molecule has 2 aliphatic rings. The molecule has 1 amide bonds. The zero-order valence-electron chi connectivity index (χ0n) is 12.8. The second kappa shape index (κ2) is 8.23. The van der Waals surface area contributed by atoms with Gasteiger partial charge in [0.1, 0.15) is 0 Å². The maximum Gasteiger partial charge on any atom is 0.227 e. The highest BCUT2D eigenvalue weighted by atomic mass is 35.5. The molecule has 0 aromatic heterocycles. The fourth-order valence-electron chi connectivity index (χ4n) is 3.84. The quantitative estimate of drug-likeness (QED) is 0.819. The molecule has 0 radical (unpaired) electrons. The van der Waals surface area contributed by atoms with E-state index in [4.69, 9.17) is 5.73 Å². The molecule has 0 spiro atoms. The molecule has 4 heteroatoms. The highest BCUT2D eigenvalue weighted by Gasteiger charge is 2.39. The van der Waals surface area contributed by atoms with Gasteiger partial charge in [-0.05, 0) is 37.5 Å². The second-order valence-corrected chi connectivity index (χ2v) is 6.70. The summed E-state index contributed by atoms with van der Waals surface area (Å²) in [6, 6.07) is 0. The van der Waals surface area contributed by atoms with Crippen molar-refractivity contribution < 1.29 is 4.79 Å². The molecule has 0 heterocycles. The van der Waals surface area contributed by atoms with Crippen LogP contribution in [0.2, 0.25) is 0 Å². The Morgan fingerprint density at radius 1 is 1.15 bits per heavy atom. The van der Waals surface area contributed by atoms with Gasteiger partial charge in [-0.25, -0.2) is 0 Å². The maximum absolute atomic E-state index is 12.4. The lowest BCUT2D eigenvalue weighted by Crippen LogP contribution is -2.45. The fraction of sp³-hybridized carbons (Fsp3) is 0.938. The Balaban J connectivity index is 0.00000200. The molecular weight excluding hydrogens is 272 g/mol. The van der Waals surface area contributed by atoms with Gasteiger partial charge in [0.25, 0.3) is 0 Å². The molecule has 2 rings (SSSR count). The van der Waals surface area contributed by atoms with Gasteiger partial charge in [-0.15, -0.1) is 12.4 Å². The first-order valence-corrected chi connectivity index (χ1v) is 8.18. The van der Waals surface area contributed by atoms with Crippen molar-refractivity contribution in [1.29, 1.82) is 0 Å². The van der Waals surface area contributed by atoms with Gasteiger partial charge in [-0.3, -0.25) is 4.79 Å². The number of carbonyl (C=O) groups excluding carboxylic acids is 1. The Morgan fingerprint density at radius 2 is 1.70 bits per heavy atom. The van der Waals surface area contributed by atoms with Crippen LogP contribution in [0.1, 0.15) is 64.7 Å². The van der Waals surface area contributed by atoms with E-state index < -0.39 is 0 Å². The van der Waals surface area contributed by atoms with Gasteiger partial charge in [-0.2, -0.15) is 0 Å². The SMILES string of the molecule is CCC1CCC(CNC(=O)C2(CN)CCCC2)CC1.Cl. The number of hydrogen-bond donors (Lipinski definition) is 2. The molecule has 0 aliphatic heterocycles. The van der Waals surface area contributed by atoms with Crippen LogP contribution in [0.3, 0.4) is 0 Å². The summed E-state index contributed by atoms with van der Waals surface area (Å²) in [5, 5.41) is 3.20. The molecule has 20 heavy (non-hydrogen) atoms. The lowest BCUT2D eigenvalue weighted by atomic mass is 9.80. The summed E-state index contributed by atoms with van der Waals surface area (Å²) < 4.78 is 0. The Hall–Kier alpha value is -0.280. The minimum Gasteiger partial charge on any atom is -0.355 e. The normalized spacial score (nSPS) is 28.7. The highest BCUT2D eigenvalue weighted by molar-refractivity contribution is 5.85. The van der Waals surface area contributed by atoms with Gasteiger partial charge in [-0.1, -0.05) is 39.0 Å². The number of hydrogen-bond acceptors (Lipinski definition) is 2. The molecular formula is C16H31ClN2O. The van der Waals surface area contributed by atoms with Crippen LogP contribution in [0.5, 0.6) is 0 Å². The van der Waals surface area contributed by atoms with E-state index in [0.717, 1.165) is 38.1 Å². The summed E-state index contributed by atoms with van der Waals surface area (Å²) in [6.45, 7) is 3.68. The smallest absolute Gasteiger partial charge is 0.227 e. The van der Waals surface area contributed by atoms with Crippen LogP contribution in [-0.4, -0.2) is 19.0 Å². The molecule has 2 fully saturated rings. The molecule has 0 unspecified atom stereocenters. The minimum absolute atomic E-state index is 0. The van der Waals surface area contributed by atoms with Crippen molar-refractivity contribution in [2.45, 2.75) is 64.7 Å². The van der Waals surface area contributed by atoms with E-state index in [1.807, 2.05) is 0 Å². The van der Waals surface area contributed by atoms with Crippen molar-refractivity contribution >= 4 is 18.3 Å². The Kier molecular flexibility index (Phi) is 7.32. The van der Waals surface area contributed by atoms with Gasteiger partial charge in [0.05, 0.1) is 5.41 Å². The van der Waals surface area contributed by atoms with Crippen LogP contribution < -0.4 is 11.1 Å². The third-order valence-electron chi connectivity index (χ3n) is 5.53. The van der Waals surface area contributed by atoms with Crippen molar-refractivity contribution in [2.75, 3.05) is 13.1 Å². The average molecular weight is 303 g/mol. The first-order valence-electron chi connectivity index (χ1n) is 8.18. The van der Waals surface area contributed by atoms with Gasteiger partial charge < -0.3 is 11.1 Å². The largest absolute Gasteiger partial charge is 0.355 e.